The number of benzene rings is 10. The van der Waals surface area contributed by atoms with Crippen LogP contribution in [0, 0.1) is 0 Å². The van der Waals surface area contributed by atoms with Crippen molar-refractivity contribution in [3.05, 3.63) is 236 Å². The standard InChI is InChI=1S/C56H39N3/c1-4-19-42(20-5-1)57(53-31-14-18-40-17-10-11-25-48(40)53)45-35-33-41(34-36-45)47-27-15-29-50-49(47)28-16-32-54(50)58(43-21-6-2-7-22-43)46-37-38-56-52(39-46)51-26-12-13-30-55(51)59(56)44-23-8-3-9-24-44/h1-39H/i33D,34D,35D,36D. The Morgan fingerprint density at radius 1 is 0.339 bits per heavy atom. The van der Waals surface area contributed by atoms with Gasteiger partial charge in [-0.3, -0.25) is 0 Å². The van der Waals surface area contributed by atoms with E-state index in [0.29, 0.717) is 5.56 Å². The molecule has 278 valence electrons. The van der Waals surface area contributed by atoms with Gasteiger partial charge in [-0.1, -0.05) is 152 Å². The van der Waals surface area contributed by atoms with Crippen molar-refractivity contribution in [2.75, 3.05) is 9.80 Å². The average Bonchev–Trinajstić information content (AvgIpc) is 3.67. The van der Waals surface area contributed by atoms with Crippen molar-refractivity contribution < 1.29 is 5.48 Å². The summed E-state index contributed by atoms with van der Waals surface area (Å²) in [4.78, 5) is 4.13. The average molecular weight is 758 g/mol. The third kappa shape index (κ3) is 6.00. The third-order valence-electron chi connectivity index (χ3n) is 11.2. The zero-order valence-corrected chi connectivity index (χ0v) is 32.0. The highest BCUT2D eigenvalue weighted by molar-refractivity contribution is 6.12. The molecular formula is C56H39N3. The molecule has 0 unspecified atom stereocenters. The topological polar surface area (TPSA) is 11.4 Å². The summed E-state index contributed by atoms with van der Waals surface area (Å²) in [6.07, 6.45) is 0. The van der Waals surface area contributed by atoms with Gasteiger partial charge >= 0.3 is 0 Å². The van der Waals surface area contributed by atoms with Gasteiger partial charge < -0.3 is 14.4 Å². The van der Waals surface area contributed by atoms with Gasteiger partial charge in [-0.05, 0) is 107 Å². The molecule has 0 amide bonds. The fraction of sp³-hybridized carbons (Fsp3) is 0. The van der Waals surface area contributed by atoms with Gasteiger partial charge in [-0.2, -0.15) is 0 Å². The molecule has 0 spiro atoms. The van der Waals surface area contributed by atoms with E-state index in [1.165, 1.54) is 0 Å². The first kappa shape index (κ1) is 30.3. The van der Waals surface area contributed by atoms with Gasteiger partial charge in [0, 0.05) is 50.0 Å². The van der Waals surface area contributed by atoms with Crippen LogP contribution < -0.4 is 9.80 Å². The number of nitrogens with zero attached hydrogens (tertiary/aromatic N) is 3. The number of aromatic nitrogens is 1. The van der Waals surface area contributed by atoms with Crippen LogP contribution in [-0.4, -0.2) is 4.57 Å². The maximum absolute atomic E-state index is 9.65. The van der Waals surface area contributed by atoms with E-state index in [9.17, 15) is 5.48 Å². The van der Waals surface area contributed by atoms with Crippen LogP contribution >= 0.6 is 0 Å². The van der Waals surface area contributed by atoms with E-state index < -0.39 is 0 Å². The predicted octanol–water partition coefficient (Wildman–Crippen LogP) is 15.7. The molecule has 10 aromatic carbocycles. The van der Waals surface area contributed by atoms with E-state index in [4.69, 9.17) is 0 Å². The first-order chi connectivity index (χ1) is 31.0. The number of fused-ring (bicyclic) bond motifs is 5. The van der Waals surface area contributed by atoms with Crippen LogP contribution in [0.1, 0.15) is 5.48 Å². The normalized spacial score (nSPS) is 12.3. The van der Waals surface area contributed by atoms with Crippen molar-refractivity contribution in [3.63, 3.8) is 0 Å². The van der Waals surface area contributed by atoms with E-state index in [0.717, 1.165) is 77.5 Å². The van der Waals surface area contributed by atoms with Crippen molar-refractivity contribution in [2.45, 2.75) is 0 Å². The molecule has 11 rings (SSSR count). The lowest BCUT2D eigenvalue weighted by Gasteiger charge is -2.28. The highest BCUT2D eigenvalue weighted by atomic mass is 15.1. The highest BCUT2D eigenvalue weighted by Gasteiger charge is 2.20. The molecule has 59 heavy (non-hydrogen) atoms. The Balaban J connectivity index is 1.10. The number of hydrogen-bond donors (Lipinski definition) is 0. The van der Waals surface area contributed by atoms with Crippen LogP contribution in [-0.2, 0) is 0 Å². The molecule has 3 heteroatoms. The van der Waals surface area contributed by atoms with Crippen molar-refractivity contribution in [3.8, 4) is 16.8 Å². The molecule has 0 atom stereocenters. The Labute approximate surface area is 349 Å². The van der Waals surface area contributed by atoms with Crippen molar-refractivity contribution in [2.24, 2.45) is 0 Å². The minimum Gasteiger partial charge on any atom is -0.310 e. The number of para-hydroxylation sites is 4. The quantitative estimate of drug-likeness (QED) is 0.153. The highest BCUT2D eigenvalue weighted by Crippen LogP contribution is 2.44. The summed E-state index contributed by atoms with van der Waals surface area (Å²) in [6.45, 7) is 0. The molecule has 3 nitrogen and oxygen atoms in total. The molecule has 0 aliphatic rings. The zero-order chi connectivity index (χ0) is 42.6. The summed E-state index contributed by atoms with van der Waals surface area (Å²) in [5.74, 6) is 0. The molecule has 0 saturated heterocycles. The van der Waals surface area contributed by atoms with Crippen LogP contribution in [0.25, 0.3) is 60.2 Å². The van der Waals surface area contributed by atoms with E-state index in [2.05, 4.69) is 100 Å². The maximum atomic E-state index is 9.65. The first-order valence-electron chi connectivity index (χ1n) is 21.9. The van der Waals surface area contributed by atoms with E-state index in [-0.39, 0.29) is 35.4 Å². The summed E-state index contributed by atoms with van der Waals surface area (Å²) in [5, 5.41) is 5.97. The molecule has 0 N–H and O–H groups in total. The fourth-order valence-electron chi connectivity index (χ4n) is 8.59. The second-order valence-corrected chi connectivity index (χ2v) is 14.6. The van der Waals surface area contributed by atoms with Gasteiger partial charge in [-0.15, -0.1) is 0 Å². The van der Waals surface area contributed by atoms with Crippen molar-refractivity contribution in [1.29, 1.82) is 0 Å². The molecule has 0 radical (unpaired) electrons. The van der Waals surface area contributed by atoms with Crippen LogP contribution in [0.15, 0.2) is 236 Å². The molecule has 0 aliphatic carbocycles. The largest absolute Gasteiger partial charge is 0.310 e. The van der Waals surface area contributed by atoms with Crippen LogP contribution in [0.2, 0.25) is 0 Å². The van der Waals surface area contributed by atoms with Crippen LogP contribution in [0.3, 0.4) is 0 Å². The van der Waals surface area contributed by atoms with Gasteiger partial charge in [0.15, 0.2) is 0 Å². The third-order valence-corrected chi connectivity index (χ3v) is 11.2. The number of rotatable bonds is 8. The van der Waals surface area contributed by atoms with Gasteiger partial charge in [-0.25, -0.2) is 0 Å². The Kier molecular flexibility index (Phi) is 7.48. The van der Waals surface area contributed by atoms with Crippen LogP contribution in [0.5, 0.6) is 0 Å². The first-order valence-corrected chi connectivity index (χ1v) is 19.9. The SMILES string of the molecule is [2H]c1c([2H])c(N(c2ccccc2)c2cccc3ccccc23)c([2H])c([2H])c1-c1cccc2c(N(c3ccccc3)c3ccc4c(c3)c3ccccc3n4-c3ccccc3)cccc12. The second-order valence-electron chi connectivity index (χ2n) is 14.6. The predicted molar refractivity (Wildman–Crippen MR) is 251 cm³/mol. The van der Waals surface area contributed by atoms with Crippen LogP contribution in [0.4, 0.5) is 34.1 Å². The summed E-state index contributed by atoms with van der Waals surface area (Å²) >= 11 is 0. The minimum atomic E-state index is -0.121. The van der Waals surface area contributed by atoms with E-state index in [1.807, 2.05) is 126 Å². The van der Waals surface area contributed by atoms with E-state index in [1.54, 1.807) is 0 Å². The maximum Gasteiger partial charge on any atom is 0.0645 e. The van der Waals surface area contributed by atoms with Crippen molar-refractivity contribution in [1.82, 2.24) is 4.57 Å². The smallest absolute Gasteiger partial charge is 0.0645 e. The Morgan fingerprint density at radius 3 is 1.61 bits per heavy atom. The summed E-state index contributed by atoms with van der Waals surface area (Å²) in [6, 6.07) is 71.2. The summed E-state index contributed by atoms with van der Waals surface area (Å²) in [5.41, 5.74) is 8.79. The molecule has 0 aliphatic heterocycles. The Bertz CT molecular complexity index is 3480. The summed E-state index contributed by atoms with van der Waals surface area (Å²) in [7, 11) is 0. The van der Waals surface area contributed by atoms with Gasteiger partial charge in [0.2, 0.25) is 0 Å². The Hall–Kier alpha value is -7.88. The molecule has 0 fully saturated rings. The fourth-order valence-corrected chi connectivity index (χ4v) is 8.59. The number of hydrogen-bond acceptors (Lipinski definition) is 2. The monoisotopic (exact) mass is 757 g/mol. The molecular weight excluding hydrogens is 715 g/mol. The molecule has 11 aromatic rings. The van der Waals surface area contributed by atoms with Gasteiger partial charge in [0.25, 0.3) is 0 Å². The van der Waals surface area contributed by atoms with Gasteiger partial charge in [0.05, 0.1) is 27.9 Å². The lowest BCUT2D eigenvalue weighted by molar-refractivity contribution is 1.18. The molecule has 0 bridgehead atoms. The number of anilines is 6. The zero-order valence-electron chi connectivity index (χ0n) is 36.0. The Morgan fingerprint density at radius 2 is 0.864 bits per heavy atom. The molecule has 0 saturated carbocycles. The second kappa shape index (κ2) is 14.6. The lowest BCUT2D eigenvalue weighted by Crippen LogP contribution is -2.10. The molecule has 1 heterocycles. The van der Waals surface area contributed by atoms with Crippen molar-refractivity contribution >= 4 is 77.5 Å². The minimum absolute atomic E-state index is 0.106. The van der Waals surface area contributed by atoms with E-state index >= 15 is 0 Å². The lowest BCUT2D eigenvalue weighted by atomic mass is 9.96. The summed E-state index contributed by atoms with van der Waals surface area (Å²) < 4.78 is 40.9. The molecule has 1 aromatic heterocycles. The van der Waals surface area contributed by atoms with Gasteiger partial charge in [0.1, 0.15) is 0 Å².